The monoisotopic (exact) mass is 537 g/mol. The molecule has 0 radical (unpaired) electrons. The van der Waals surface area contributed by atoms with E-state index in [-0.39, 0.29) is 24.0 Å². The van der Waals surface area contributed by atoms with Crippen molar-refractivity contribution in [2.24, 2.45) is 4.99 Å². The fraction of sp³-hybridized carbons (Fsp3) is 0.350. The summed E-state index contributed by atoms with van der Waals surface area (Å²) >= 11 is 0. The van der Waals surface area contributed by atoms with Crippen molar-refractivity contribution in [1.82, 2.24) is 10.6 Å². The van der Waals surface area contributed by atoms with E-state index in [1.54, 1.807) is 25.1 Å². The first-order valence-electron chi connectivity index (χ1n) is 8.96. The van der Waals surface area contributed by atoms with E-state index in [9.17, 15) is 17.2 Å². The molecule has 2 aromatic rings. The summed E-state index contributed by atoms with van der Waals surface area (Å²) in [5.74, 6) is -0.596. The van der Waals surface area contributed by atoms with Crippen molar-refractivity contribution in [3.05, 3.63) is 64.7 Å². The van der Waals surface area contributed by atoms with Crippen LogP contribution in [0.3, 0.4) is 0 Å². The summed E-state index contributed by atoms with van der Waals surface area (Å²) in [5, 5.41) is 6.22. The molecule has 2 rings (SSSR count). The Bertz CT molecular complexity index is 966. The number of benzene rings is 2. The van der Waals surface area contributed by atoms with E-state index >= 15 is 0 Å². The number of aryl methyl sites for hydroxylation is 1. The Hall–Kier alpha value is -1.75. The predicted octanol–water partition coefficient (Wildman–Crippen LogP) is 3.59. The van der Waals surface area contributed by atoms with Crippen molar-refractivity contribution in [2.75, 3.05) is 19.3 Å². The molecular weight excluding hydrogens is 511 g/mol. The largest absolute Gasteiger partial charge is 0.357 e. The minimum absolute atomic E-state index is 0. The molecule has 0 atom stereocenters. The molecule has 0 saturated heterocycles. The molecule has 0 unspecified atom stereocenters. The van der Waals surface area contributed by atoms with Gasteiger partial charge in [0.2, 0.25) is 0 Å². The zero-order valence-corrected chi connectivity index (χ0v) is 19.8. The minimum atomic E-state index is -3.25. The van der Waals surface area contributed by atoms with Crippen molar-refractivity contribution >= 4 is 39.8 Å². The summed E-state index contributed by atoms with van der Waals surface area (Å²) in [7, 11) is -3.25. The highest BCUT2D eigenvalue weighted by atomic mass is 127. The first-order chi connectivity index (χ1) is 13.2. The lowest BCUT2D eigenvalue weighted by Crippen LogP contribution is -2.38. The van der Waals surface area contributed by atoms with Crippen LogP contribution in [0.4, 0.5) is 8.78 Å². The Labute approximate surface area is 188 Å². The number of halogens is 3. The van der Waals surface area contributed by atoms with E-state index in [1.807, 2.05) is 6.92 Å². The topological polar surface area (TPSA) is 70.6 Å². The minimum Gasteiger partial charge on any atom is -0.357 e. The fourth-order valence-electron chi connectivity index (χ4n) is 2.78. The number of hydrogen-bond donors (Lipinski definition) is 2. The van der Waals surface area contributed by atoms with Crippen molar-refractivity contribution in [3.63, 3.8) is 0 Å². The normalized spacial score (nSPS) is 11.7. The Morgan fingerprint density at radius 1 is 1.10 bits per heavy atom. The molecular formula is C20H26F2IN3O2S. The number of aliphatic imine (C=N–C) groups is 1. The van der Waals surface area contributed by atoms with E-state index < -0.39 is 21.5 Å². The van der Waals surface area contributed by atoms with E-state index in [2.05, 4.69) is 15.6 Å². The van der Waals surface area contributed by atoms with E-state index in [4.69, 9.17) is 0 Å². The highest BCUT2D eigenvalue weighted by Gasteiger charge is 2.11. The molecule has 0 heterocycles. The van der Waals surface area contributed by atoms with Gasteiger partial charge in [0.05, 0.1) is 11.4 Å². The van der Waals surface area contributed by atoms with Gasteiger partial charge >= 0.3 is 0 Å². The maximum atomic E-state index is 13.7. The first-order valence-corrected chi connectivity index (χ1v) is 10.9. The van der Waals surface area contributed by atoms with Gasteiger partial charge in [0, 0.05) is 25.4 Å². The summed E-state index contributed by atoms with van der Waals surface area (Å²) in [5.41, 5.74) is 1.99. The smallest absolute Gasteiger partial charge is 0.191 e. The number of nitrogens with one attached hydrogen (secondary N) is 2. The van der Waals surface area contributed by atoms with Crippen molar-refractivity contribution in [1.29, 1.82) is 0 Å². The van der Waals surface area contributed by atoms with Crippen LogP contribution in [0.25, 0.3) is 0 Å². The quantitative estimate of drug-likeness (QED) is 0.322. The molecule has 5 nitrogen and oxygen atoms in total. The summed E-state index contributed by atoms with van der Waals surface area (Å²) in [4.78, 5) is 4.79. The molecule has 2 N–H and O–H groups in total. The average Bonchev–Trinajstić information content (AvgIpc) is 2.60. The third-order valence-electron chi connectivity index (χ3n) is 4.10. The van der Waals surface area contributed by atoms with Crippen LogP contribution in [-0.2, 0) is 22.8 Å². The maximum absolute atomic E-state index is 13.7. The Kier molecular flexibility index (Phi) is 9.97. The lowest BCUT2D eigenvalue weighted by molar-refractivity contribution is 0.570. The molecule has 0 fully saturated rings. The molecule has 9 heteroatoms. The third kappa shape index (κ3) is 7.88. The molecule has 160 valence electrons. The van der Waals surface area contributed by atoms with E-state index in [1.165, 1.54) is 18.4 Å². The molecule has 0 aliphatic rings. The summed E-state index contributed by atoms with van der Waals surface area (Å²) in [6, 6.07) is 8.68. The van der Waals surface area contributed by atoms with Gasteiger partial charge in [-0.25, -0.2) is 22.2 Å². The number of sulfone groups is 1. The molecule has 0 spiro atoms. The maximum Gasteiger partial charge on any atom is 0.191 e. The number of guanidine groups is 1. The van der Waals surface area contributed by atoms with Gasteiger partial charge in [-0.3, -0.25) is 0 Å². The second-order valence-corrected chi connectivity index (χ2v) is 8.46. The van der Waals surface area contributed by atoms with Gasteiger partial charge in [-0.15, -0.1) is 24.0 Å². The fourth-order valence-corrected chi connectivity index (χ4v) is 3.74. The van der Waals surface area contributed by atoms with Crippen molar-refractivity contribution < 1.29 is 17.2 Å². The average molecular weight is 537 g/mol. The second-order valence-electron chi connectivity index (χ2n) is 6.48. The second kappa shape index (κ2) is 11.4. The number of rotatable bonds is 7. The van der Waals surface area contributed by atoms with Crippen molar-refractivity contribution in [3.8, 4) is 0 Å². The lowest BCUT2D eigenvalue weighted by Gasteiger charge is -2.12. The highest BCUT2D eigenvalue weighted by molar-refractivity contribution is 14.0. The SMILES string of the molecule is CCNC(=NCc1ccc(S(C)(=O)=O)c(C)c1)NCCc1ccc(F)cc1F.I. The van der Waals surface area contributed by atoms with Gasteiger partial charge in [-0.2, -0.15) is 0 Å². The van der Waals surface area contributed by atoms with Crippen LogP contribution >= 0.6 is 24.0 Å². The number of hydrogen-bond acceptors (Lipinski definition) is 3. The third-order valence-corrected chi connectivity index (χ3v) is 5.36. The van der Waals surface area contributed by atoms with Gasteiger partial charge < -0.3 is 10.6 Å². The molecule has 0 aliphatic carbocycles. The van der Waals surface area contributed by atoms with Crippen LogP contribution in [0.2, 0.25) is 0 Å². The van der Waals surface area contributed by atoms with Crippen molar-refractivity contribution in [2.45, 2.75) is 31.7 Å². The molecule has 29 heavy (non-hydrogen) atoms. The Balaban J connectivity index is 0.00000420. The Morgan fingerprint density at radius 3 is 2.41 bits per heavy atom. The van der Waals surface area contributed by atoms with Gasteiger partial charge in [0.15, 0.2) is 15.8 Å². The van der Waals surface area contributed by atoms with Crippen LogP contribution < -0.4 is 10.6 Å². The molecule has 0 amide bonds. The Morgan fingerprint density at radius 2 is 1.83 bits per heavy atom. The van der Waals surface area contributed by atoms with Crippen LogP contribution in [0.15, 0.2) is 46.3 Å². The van der Waals surface area contributed by atoms with Crippen LogP contribution in [-0.4, -0.2) is 33.7 Å². The van der Waals surface area contributed by atoms with Gasteiger partial charge in [-0.05, 0) is 49.1 Å². The van der Waals surface area contributed by atoms with Crippen LogP contribution in [0.1, 0.15) is 23.6 Å². The van der Waals surface area contributed by atoms with Gasteiger partial charge in [-0.1, -0.05) is 18.2 Å². The predicted molar refractivity (Wildman–Crippen MR) is 123 cm³/mol. The lowest BCUT2D eigenvalue weighted by atomic mass is 10.1. The summed E-state index contributed by atoms with van der Waals surface area (Å²) in [6.07, 6.45) is 1.57. The zero-order chi connectivity index (χ0) is 20.7. The molecule has 0 bridgehead atoms. The molecule has 0 aromatic heterocycles. The van der Waals surface area contributed by atoms with E-state index in [0.29, 0.717) is 48.0 Å². The first kappa shape index (κ1) is 25.3. The summed E-state index contributed by atoms with van der Waals surface area (Å²) in [6.45, 7) is 5.14. The zero-order valence-electron chi connectivity index (χ0n) is 16.6. The van der Waals surface area contributed by atoms with Gasteiger partial charge in [0.25, 0.3) is 0 Å². The molecule has 0 saturated carbocycles. The highest BCUT2D eigenvalue weighted by Crippen LogP contribution is 2.17. The van der Waals surface area contributed by atoms with E-state index in [0.717, 1.165) is 11.6 Å². The standard InChI is InChI=1S/C20H25F2N3O2S.HI/c1-4-23-20(24-10-9-16-6-7-17(21)12-18(16)22)25-13-15-5-8-19(14(2)11-15)28(3,26)27;/h5-8,11-12H,4,9-10,13H2,1-3H3,(H2,23,24,25);1H. The van der Waals surface area contributed by atoms with Crippen LogP contribution in [0.5, 0.6) is 0 Å². The van der Waals surface area contributed by atoms with Gasteiger partial charge in [0.1, 0.15) is 11.6 Å². The summed E-state index contributed by atoms with van der Waals surface area (Å²) < 4.78 is 50.0. The van der Waals surface area contributed by atoms with Crippen LogP contribution in [0, 0.1) is 18.6 Å². The molecule has 0 aliphatic heterocycles. The molecule has 2 aromatic carbocycles. The number of nitrogens with zero attached hydrogens (tertiary/aromatic N) is 1.